The van der Waals surface area contributed by atoms with Gasteiger partial charge in [0.15, 0.2) is 0 Å². The normalized spacial score (nSPS) is 24.9. The quantitative estimate of drug-likeness (QED) is 0.610. The van der Waals surface area contributed by atoms with Crippen molar-refractivity contribution in [1.29, 1.82) is 0 Å². The molecule has 108 valence electrons. The van der Waals surface area contributed by atoms with Crippen molar-refractivity contribution in [3.05, 3.63) is 0 Å². The third-order valence-corrected chi connectivity index (χ3v) is 4.97. The molecule has 2 unspecified atom stereocenters. The highest BCUT2D eigenvalue weighted by Gasteiger charge is 2.31. The molecule has 0 amide bonds. The molecule has 1 saturated carbocycles. The Balaban J connectivity index is 2.47. The van der Waals surface area contributed by atoms with Crippen LogP contribution in [0.3, 0.4) is 0 Å². The molecule has 0 aromatic heterocycles. The third-order valence-electron chi connectivity index (χ3n) is 3.37. The Morgan fingerprint density at radius 3 is 2.72 bits per heavy atom. The van der Waals surface area contributed by atoms with Gasteiger partial charge in [-0.2, -0.15) is 17.4 Å². The second kappa shape index (κ2) is 7.40. The van der Waals surface area contributed by atoms with E-state index in [-0.39, 0.29) is 12.1 Å². The molecule has 7 heteroatoms. The van der Waals surface area contributed by atoms with Crippen LogP contribution in [0.4, 0.5) is 0 Å². The molecule has 0 aliphatic heterocycles. The summed E-state index contributed by atoms with van der Waals surface area (Å²) >= 11 is 0. The van der Waals surface area contributed by atoms with Crippen LogP contribution in [-0.2, 0) is 14.9 Å². The monoisotopic (exact) mass is 279 g/mol. The molecule has 0 aromatic rings. The van der Waals surface area contributed by atoms with Gasteiger partial charge in [-0.05, 0) is 39.3 Å². The molecule has 1 rings (SSSR count). The minimum Gasteiger partial charge on any atom is -0.380 e. The first kappa shape index (κ1) is 15.8. The van der Waals surface area contributed by atoms with Crippen molar-refractivity contribution in [2.24, 2.45) is 0 Å². The van der Waals surface area contributed by atoms with E-state index in [1.165, 1.54) is 4.31 Å². The zero-order chi connectivity index (χ0) is 13.6. The molecule has 0 saturated heterocycles. The van der Waals surface area contributed by atoms with Gasteiger partial charge >= 0.3 is 0 Å². The molecule has 2 atom stereocenters. The summed E-state index contributed by atoms with van der Waals surface area (Å²) in [6.07, 6.45) is 3.59. The summed E-state index contributed by atoms with van der Waals surface area (Å²) < 4.78 is 33.6. The molecule has 1 fully saturated rings. The summed E-state index contributed by atoms with van der Waals surface area (Å²) in [5.74, 6) is 0. The Kier molecular flexibility index (Phi) is 6.51. The van der Waals surface area contributed by atoms with E-state index < -0.39 is 10.2 Å². The van der Waals surface area contributed by atoms with Crippen molar-refractivity contribution in [2.75, 3.05) is 34.3 Å². The molecule has 1 aliphatic carbocycles. The number of methoxy groups -OCH3 is 1. The fourth-order valence-electron chi connectivity index (χ4n) is 2.22. The molecule has 0 heterocycles. The Bertz CT molecular complexity index is 334. The average molecular weight is 279 g/mol. The van der Waals surface area contributed by atoms with Gasteiger partial charge in [0.25, 0.3) is 10.2 Å². The fraction of sp³-hybridized carbons (Fsp3) is 1.00. The second-order valence-electron chi connectivity index (χ2n) is 4.71. The number of hydrogen-bond acceptors (Lipinski definition) is 4. The minimum atomic E-state index is -3.39. The maximum atomic E-state index is 12.1. The maximum Gasteiger partial charge on any atom is 0.279 e. The van der Waals surface area contributed by atoms with Crippen LogP contribution >= 0.6 is 0 Å². The lowest BCUT2D eigenvalue weighted by molar-refractivity contribution is 0.0911. The number of nitrogens with zero attached hydrogens (tertiary/aromatic N) is 1. The van der Waals surface area contributed by atoms with E-state index in [4.69, 9.17) is 4.74 Å². The molecular formula is C11H25N3O3S. The lowest BCUT2D eigenvalue weighted by Crippen LogP contribution is -2.47. The van der Waals surface area contributed by atoms with Gasteiger partial charge < -0.3 is 10.1 Å². The van der Waals surface area contributed by atoms with Crippen molar-refractivity contribution in [2.45, 2.75) is 37.8 Å². The predicted molar refractivity (Wildman–Crippen MR) is 71.7 cm³/mol. The molecule has 0 aromatic carbocycles. The molecule has 0 spiro atoms. The SMILES string of the molecule is CNCCCN(C)S(=O)(=O)NC1CCCC1OC. The van der Waals surface area contributed by atoms with Crippen molar-refractivity contribution in [3.8, 4) is 0 Å². The average Bonchev–Trinajstić information content (AvgIpc) is 2.75. The molecule has 6 nitrogen and oxygen atoms in total. The largest absolute Gasteiger partial charge is 0.380 e. The van der Waals surface area contributed by atoms with Crippen LogP contribution in [0.15, 0.2) is 0 Å². The van der Waals surface area contributed by atoms with E-state index in [1.807, 2.05) is 7.05 Å². The van der Waals surface area contributed by atoms with Crippen LogP contribution in [0, 0.1) is 0 Å². The van der Waals surface area contributed by atoms with Gasteiger partial charge in [0.1, 0.15) is 0 Å². The minimum absolute atomic E-state index is 0.00508. The zero-order valence-electron chi connectivity index (χ0n) is 11.5. The molecular weight excluding hydrogens is 254 g/mol. The summed E-state index contributed by atoms with van der Waals surface area (Å²) in [6, 6.07) is -0.0910. The first-order chi connectivity index (χ1) is 8.51. The Morgan fingerprint density at radius 1 is 1.39 bits per heavy atom. The second-order valence-corrected chi connectivity index (χ2v) is 6.52. The maximum absolute atomic E-state index is 12.1. The summed E-state index contributed by atoms with van der Waals surface area (Å²) in [4.78, 5) is 0. The van der Waals surface area contributed by atoms with Crippen LogP contribution in [0.5, 0.6) is 0 Å². The number of hydrogen-bond donors (Lipinski definition) is 2. The molecule has 1 aliphatic rings. The van der Waals surface area contributed by atoms with Gasteiger partial charge in [0.05, 0.1) is 6.10 Å². The summed E-state index contributed by atoms with van der Waals surface area (Å²) in [5.41, 5.74) is 0. The van der Waals surface area contributed by atoms with E-state index in [2.05, 4.69) is 10.0 Å². The smallest absolute Gasteiger partial charge is 0.279 e. The van der Waals surface area contributed by atoms with Crippen molar-refractivity contribution >= 4 is 10.2 Å². The predicted octanol–water partition coefficient (Wildman–Crippen LogP) is -0.0704. The summed E-state index contributed by atoms with van der Waals surface area (Å²) in [7, 11) is 1.70. The molecule has 0 radical (unpaired) electrons. The first-order valence-corrected chi connectivity index (χ1v) is 7.86. The highest BCUT2D eigenvalue weighted by atomic mass is 32.2. The third kappa shape index (κ3) is 4.47. The van der Waals surface area contributed by atoms with E-state index in [0.29, 0.717) is 6.54 Å². The van der Waals surface area contributed by atoms with E-state index in [1.54, 1.807) is 14.2 Å². The van der Waals surface area contributed by atoms with Crippen molar-refractivity contribution in [1.82, 2.24) is 14.3 Å². The Labute approximate surface area is 110 Å². The van der Waals surface area contributed by atoms with E-state index in [9.17, 15) is 8.42 Å². The molecule has 0 bridgehead atoms. The molecule has 18 heavy (non-hydrogen) atoms. The number of ether oxygens (including phenoxy) is 1. The topological polar surface area (TPSA) is 70.7 Å². The van der Waals surface area contributed by atoms with Gasteiger partial charge in [-0.15, -0.1) is 0 Å². The van der Waals surface area contributed by atoms with Crippen molar-refractivity contribution < 1.29 is 13.2 Å². The van der Waals surface area contributed by atoms with Gasteiger partial charge in [-0.25, -0.2) is 0 Å². The van der Waals surface area contributed by atoms with Crippen molar-refractivity contribution in [3.63, 3.8) is 0 Å². The number of nitrogens with one attached hydrogen (secondary N) is 2. The highest BCUT2D eigenvalue weighted by molar-refractivity contribution is 7.87. The lowest BCUT2D eigenvalue weighted by atomic mass is 10.2. The molecule has 2 N–H and O–H groups in total. The van der Waals surface area contributed by atoms with E-state index in [0.717, 1.165) is 32.2 Å². The van der Waals surface area contributed by atoms with Crippen LogP contribution in [0.25, 0.3) is 0 Å². The van der Waals surface area contributed by atoms with Gasteiger partial charge in [-0.1, -0.05) is 0 Å². The Morgan fingerprint density at radius 2 is 2.11 bits per heavy atom. The van der Waals surface area contributed by atoms with Crippen LogP contribution in [0.1, 0.15) is 25.7 Å². The lowest BCUT2D eigenvalue weighted by Gasteiger charge is -2.23. The Hall–Kier alpha value is -0.210. The summed E-state index contributed by atoms with van der Waals surface area (Å²) in [5, 5.41) is 3.00. The van der Waals surface area contributed by atoms with Crippen LogP contribution in [0.2, 0.25) is 0 Å². The van der Waals surface area contributed by atoms with E-state index >= 15 is 0 Å². The summed E-state index contributed by atoms with van der Waals surface area (Å²) in [6.45, 7) is 1.32. The standard InChI is InChI=1S/C11H25N3O3S/c1-12-8-5-9-14(2)18(15,16)13-10-6-4-7-11(10)17-3/h10-13H,4-9H2,1-3H3. The van der Waals surface area contributed by atoms with Crippen LogP contribution in [-0.4, -0.2) is 59.2 Å². The van der Waals surface area contributed by atoms with Gasteiger partial charge in [-0.3, -0.25) is 0 Å². The van der Waals surface area contributed by atoms with Crippen LogP contribution < -0.4 is 10.0 Å². The first-order valence-electron chi connectivity index (χ1n) is 6.42. The van der Waals surface area contributed by atoms with Gasteiger partial charge in [0.2, 0.25) is 0 Å². The highest BCUT2D eigenvalue weighted by Crippen LogP contribution is 2.22. The number of rotatable bonds is 8. The zero-order valence-corrected chi connectivity index (χ0v) is 12.3. The fourth-order valence-corrected chi connectivity index (χ4v) is 3.42. The van der Waals surface area contributed by atoms with Gasteiger partial charge in [0, 0.05) is 26.7 Å².